The summed E-state index contributed by atoms with van der Waals surface area (Å²) in [6.45, 7) is 4.71. The Morgan fingerprint density at radius 1 is 1.17 bits per heavy atom. The van der Waals surface area contributed by atoms with E-state index < -0.39 is 5.91 Å². The number of ether oxygens (including phenoxy) is 2. The van der Waals surface area contributed by atoms with Crippen LogP contribution in [-0.4, -0.2) is 38.5 Å². The second-order valence-electron chi connectivity index (χ2n) is 5.37. The van der Waals surface area contributed by atoms with E-state index in [-0.39, 0.29) is 11.8 Å². The van der Waals surface area contributed by atoms with Gasteiger partial charge in [-0.25, -0.2) is 0 Å². The first-order valence-electron chi connectivity index (χ1n) is 7.33. The topological polar surface area (TPSA) is 76.7 Å². The first-order valence-corrected chi connectivity index (χ1v) is 7.86. The van der Waals surface area contributed by atoms with E-state index in [4.69, 9.17) is 21.1 Å². The largest absolute Gasteiger partial charge is 0.493 e. The predicted molar refractivity (Wildman–Crippen MR) is 90.7 cm³/mol. The number of carbonyl (C=O) groups excluding carboxylic acids is 2. The summed E-state index contributed by atoms with van der Waals surface area (Å²) in [6, 6.07) is 3.08. The van der Waals surface area contributed by atoms with Gasteiger partial charge in [0.1, 0.15) is 5.88 Å². The molecule has 1 aromatic rings. The molecule has 0 spiro atoms. The molecule has 6 nitrogen and oxygen atoms in total. The van der Waals surface area contributed by atoms with E-state index >= 15 is 0 Å². The van der Waals surface area contributed by atoms with Gasteiger partial charge in [-0.3, -0.25) is 9.59 Å². The Kier molecular flexibility index (Phi) is 7.68. The molecule has 1 rings (SSSR count). The van der Waals surface area contributed by atoms with Crippen LogP contribution in [0.15, 0.2) is 12.1 Å². The molecular formula is C16H23ClN2O4. The molecule has 0 saturated carbocycles. The Bertz CT molecular complexity index is 561. The van der Waals surface area contributed by atoms with E-state index in [9.17, 15) is 9.59 Å². The van der Waals surface area contributed by atoms with Crippen LogP contribution in [0.5, 0.6) is 11.5 Å². The molecule has 1 aromatic carbocycles. The van der Waals surface area contributed by atoms with E-state index in [1.165, 1.54) is 20.3 Å². The van der Waals surface area contributed by atoms with Gasteiger partial charge in [0.05, 0.1) is 25.5 Å². The van der Waals surface area contributed by atoms with Crippen LogP contribution in [-0.2, 0) is 4.79 Å². The molecule has 0 unspecified atom stereocenters. The average Bonchev–Trinajstić information content (AvgIpc) is 2.53. The zero-order valence-electron chi connectivity index (χ0n) is 13.9. The number of hydrogen-bond donors (Lipinski definition) is 2. The lowest BCUT2D eigenvalue weighted by molar-refractivity contribution is -0.113. The number of benzene rings is 1. The van der Waals surface area contributed by atoms with Gasteiger partial charge in [0.2, 0.25) is 5.91 Å². The Labute approximate surface area is 141 Å². The fourth-order valence-electron chi connectivity index (χ4n) is 1.92. The predicted octanol–water partition coefficient (Wildman–Crippen LogP) is 2.66. The molecule has 23 heavy (non-hydrogen) atoms. The van der Waals surface area contributed by atoms with Crippen molar-refractivity contribution >= 4 is 29.1 Å². The van der Waals surface area contributed by atoms with Crippen LogP contribution in [0.2, 0.25) is 0 Å². The number of halogens is 1. The molecule has 0 aliphatic rings. The van der Waals surface area contributed by atoms with Gasteiger partial charge in [0.15, 0.2) is 11.5 Å². The monoisotopic (exact) mass is 342 g/mol. The molecule has 0 atom stereocenters. The number of alkyl halides is 1. The Morgan fingerprint density at radius 3 is 2.30 bits per heavy atom. The highest BCUT2D eigenvalue weighted by atomic mass is 35.5. The number of anilines is 1. The van der Waals surface area contributed by atoms with Gasteiger partial charge in [-0.15, -0.1) is 11.6 Å². The summed E-state index contributed by atoms with van der Waals surface area (Å²) < 4.78 is 10.4. The van der Waals surface area contributed by atoms with Gasteiger partial charge in [-0.05, 0) is 18.4 Å². The summed E-state index contributed by atoms with van der Waals surface area (Å²) in [5, 5.41) is 5.43. The van der Waals surface area contributed by atoms with Gasteiger partial charge < -0.3 is 20.1 Å². The van der Waals surface area contributed by atoms with Crippen molar-refractivity contribution in [2.45, 2.75) is 20.3 Å². The highest BCUT2D eigenvalue weighted by Crippen LogP contribution is 2.33. The van der Waals surface area contributed by atoms with Gasteiger partial charge in [-0.2, -0.15) is 0 Å². The second kappa shape index (κ2) is 9.25. The number of nitrogens with one attached hydrogen (secondary N) is 2. The third-order valence-corrected chi connectivity index (χ3v) is 3.41. The number of methoxy groups -OCH3 is 2. The Hall–Kier alpha value is -1.95. The molecule has 0 bridgehead atoms. The SMILES string of the molecule is COc1cc(NC(=O)CCl)c(C(=O)NCCC(C)C)cc1OC. The average molecular weight is 343 g/mol. The van der Waals surface area contributed by atoms with E-state index in [2.05, 4.69) is 24.5 Å². The van der Waals surface area contributed by atoms with E-state index in [1.54, 1.807) is 6.07 Å². The smallest absolute Gasteiger partial charge is 0.253 e. The zero-order chi connectivity index (χ0) is 17.4. The van der Waals surface area contributed by atoms with Crippen molar-refractivity contribution in [2.75, 3.05) is 32.0 Å². The first-order chi connectivity index (χ1) is 10.9. The van der Waals surface area contributed by atoms with E-state index in [0.717, 1.165) is 6.42 Å². The van der Waals surface area contributed by atoms with Crippen molar-refractivity contribution in [3.8, 4) is 11.5 Å². The number of amides is 2. The van der Waals surface area contributed by atoms with Crippen LogP contribution in [0.4, 0.5) is 5.69 Å². The fraction of sp³-hybridized carbons (Fsp3) is 0.500. The van der Waals surface area contributed by atoms with Crippen LogP contribution in [0.3, 0.4) is 0 Å². The summed E-state index contributed by atoms with van der Waals surface area (Å²) >= 11 is 5.52. The summed E-state index contributed by atoms with van der Waals surface area (Å²) in [6.07, 6.45) is 0.863. The van der Waals surface area contributed by atoms with Crippen molar-refractivity contribution < 1.29 is 19.1 Å². The summed E-state index contributed by atoms with van der Waals surface area (Å²) in [5.74, 6) is 0.396. The maximum absolute atomic E-state index is 12.4. The first kappa shape index (κ1) is 19.1. The molecule has 0 aromatic heterocycles. The molecular weight excluding hydrogens is 320 g/mol. The molecule has 0 saturated heterocycles. The molecule has 0 heterocycles. The van der Waals surface area contributed by atoms with Crippen molar-refractivity contribution in [3.05, 3.63) is 17.7 Å². The third kappa shape index (κ3) is 5.63. The molecule has 128 valence electrons. The highest BCUT2D eigenvalue weighted by Gasteiger charge is 2.18. The van der Waals surface area contributed by atoms with E-state index in [1.807, 2.05) is 0 Å². The second-order valence-corrected chi connectivity index (χ2v) is 5.64. The van der Waals surface area contributed by atoms with Crippen molar-refractivity contribution in [1.29, 1.82) is 0 Å². The highest BCUT2D eigenvalue weighted by molar-refractivity contribution is 6.29. The maximum atomic E-state index is 12.4. The number of hydrogen-bond acceptors (Lipinski definition) is 4. The minimum atomic E-state index is -0.407. The van der Waals surface area contributed by atoms with Gasteiger partial charge >= 0.3 is 0 Å². The quantitative estimate of drug-likeness (QED) is 0.712. The summed E-state index contributed by atoms with van der Waals surface area (Å²) in [5.41, 5.74) is 0.625. The lowest BCUT2D eigenvalue weighted by Gasteiger charge is -2.15. The molecule has 2 amide bonds. The Morgan fingerprint density at radius 2 is 1.78 bits per heavy atom. The Balaban J connectivity index is 3.09. The number of carbonyl (C=O) groups is 2. The lowest BCUT2D eigenvalue weighted by atomic mass is 10.1. The van der Waals surface area contributed by atoms with Crippen LogP contribution in [0.1, 0.15) is 30.6 Å². The summed E-state index contributed by atoms with van der Waals surface area (Å²) in [4.78, 5) is 24.0. The molecule has 0 aliphatic heterocycles. The lowest BCUT2D eigenvalue weighted by Crippen LogP contribution is -2.27. The van der Waals surface area contributed by atoms with Gasteiger partial charge in [0, 0.05) is 12.6 Å². The maximum Gasteiger partial charge on any atom is 0.253 e. The van der Waals surface area contributed by atoms with Crippen LogP contribution in [0.25, 0.3) is 0 Å². The van der Waals surface area contributed by atoms with E-state index in [0.29, 0.717) is 35.2 Å². The van der Waals surface area contributed by atoms with Gasteiger partial charge in [0.25, 0.3) is 5.91 Å². The normalized spacial score (nSPS) is 10.3. The molecule has 0 fully saturated rings. The standard InChI is InChI=1S/C16H23ClN2O4/c1-10(2)5-6-18-16(21)11-7-13(22-3)14(23-4)8-12(11)19-15(20)9-17/h7-8,10H,5-6,9H2,1-4H3,(H,18,21)(H,19,20). The van der Waals surface area contributed by atoms with Crippen LogP contribution in [0, 0.1) is 5.92 Å². The van der Waals surface area contributed by atoms with Crippen LogP contribution >= 0.6 is 11.6 Å². The van der Waals surface area contributed by atoms with Crippen LogP contribution < -0.4 is 20.1 Å². The minimum absolute atomic E-state index is 0.206. The summed E-state index contributed by atoms with van der Waals surface area (Å²) in [7, 11) is 2.96. The van der Waals surface area contributed by atoms with Gasteiger partial charge in [-0.1, -0.05) is 13.8 Å². The third-order valence-electron chi connectivity index (χ3n) is 3.17. The number of rotatable bonds is 8. The van der Waals surface area contributed by atoms with Crippen molar-refractivity contribution in [2.24, 2.45) is 5.92 Å². The fourth-order valence-corrected chi connectivity index (χ4v) is 1.99. The molecule has 0 aliphatic carbocycles. The molecule has 0 radical (unpaired) electrons. The minimum Gasteiger partial charge on any atom is -0.493 e. The van der Waals surface area contributed by atoms with Crippen molar-refractivity contribution in [1.82, 2.24) is 5.32 Å². The zero-order valence-corrected chi connectivity index (χ0v) is 14.6. The van der Waals surface area contributed by atoms with Crippen molar-refractivity contribution in [3.63, 3.8) is 0 Å². The molecule has 2 N–H and O–H groups in total. The molecule has 7 heteroatoms.